The maximum absolute atomic E-state index is 13.0. The highest BCUT2D eigenvalue weighted by atomic mass is 16.2. The number of carbonyl (C=O) groups is 1. The summed E-state index contributed by atoms with van der Waals surface area (Å²) in [6.45, 7) is 0.769. The average Bonchev–Trinajstić information content (AvgIpc) is 2.86. The zero-order chi connectivity index (χ0) is 16.2. The van der Waals surface area contributed by atoms with E-state index in [9.17, 15) is 4.79 Å². The molecule has 1 aliphatic rings. The van der Waals surface area contributed by atoms with Crippen molar-refractivity contribution in [3.8, 4) is 6.07 Å². The largest absolute Gasteiger partial charge is 0.353 e. The standard InChI is InChI=1S/C19H21N3O/c1-21-11-6-10-17(21)18-9-3-2-4-12-22(18)19(23)16-8-5-7-15(13-16)14-20/h5-8,10-11,13,18H,2-4,9,12H2,1H3. The van der Waals surface area contributed by atoms with Crippen molar-refractivity contribution in [2.24, 2.45) is 7.05 Å². The van der Waals surface area contributed by atoms with Gasteiger partial charge in [0, 0.05) is 31.0 Å². The summed E-state index contributed by atoms with van der Waals surface area (Å²) in [5.41, 5.74) is 2.31. The first-order chi connectivity index (χ1) is 11.2. The molecule has 1 aliphatic heterocycles. The molecule has 0 spiro atoms. The molecule has 2 aromatic rings. The maximum atomic E-state index is 13.0. The van der Waals surface area contributed by atoms with Crippen molar-refractivity contribution < 1.29 is 4.79 Å². The Balaban J connectivity index is 1.94. The van der Waals surface area contributed by atoms with Gasteiger partial charge in [-0.2, -0.15) is 5.26 Å². The van der Waals surface area contributed by atoms with Crippen LogP contribution in [0.2, 0.25) is 0 Å². The van der Waals surface area contributed by atoms with Crippen LogP contribution in [0.3, 0.4) is 0 Å². The third kappa shape index (κ3) is 3.14. The lowest BCUT2D eigenvalue weighted by molar-refractivity contribution is 0.0674. The molecule has 1 unspecified atom stereocenters. The molecule has 3 rings (SSSR count). The van der Waals surface area contributed by atoms with Crippen LogP contribution in [0.25, 0.3) is 0 Å². The number of carbonyl (C=O) groups excluding carboxylic acids is 1. The van der Waals surface area contributed by atoms with Gasteiger partial charge in [-0.15, -0.1) is 0 Å². The van der Waals surface area contributed by atoms with E-state index in [0.717, 1.165) is 32.2 Å². The van der Waals surface area contributed by atoms with Gasteiger partial charge in [-0.05, 0) is 43.2 Å². The Morgan fingerprint density at radius 1 is 1.22 bits per heavy atom. The number of hydrogen-bond donors (Lipinski definition) is 0. The van der Waals surface area contributed by atoms with E-state index in [1.165, 1.54) is 5.69 Å². The van der Waals surface area contributed by atoms with Gasteiger partial charge in [0.1, 0.15) is 0 Å². The molecule has 4 nitrogen and oxygen atoms in total. The molecule has 0 bridgehead atoms. The van der Waals surface area contributed by atoms with Crippen molar-refractivity contribution >= 4 is 5.91 Å². The van der Waals surface area contributed by atoms with E-state index < -0.39 is 0 Å². The van der Waals surface area contributed by atoms with E-state index in [1.54, 1.807) is 24.3 Å². The Morgan fingerprint density at radius 2 is 2.09 bits per heavy atom. The Hall–Kier alpha value is -2.54. The highest BCUT2D eigenvalue weighted by Gasteiger charge is 2.28. The summed E-state index contributed by atoms with van der Waals surface area (Å²) in [6, 6.07) is 13.3. The second-order valence-electron chi connectivity index (χ2n) is 6.10. The van der Waals surface area contributed by atoms with Crippen LogP contribution in [-0.2, 0) is 7.05 Å². The topological polar surface area (TPSA) is 49.0 Å². The number of nitriles is 1. The molecule has 1 aromatic heterocycles. The SMILES string of the molecule is Cn1cccc1C1CCCCCN1C(=O)c1cccc(C#N)c1. The summed E-state index contributed by atoms with van der Waals surface area (Å²) in [5, 5.41) is 9.06. The van der Waals surface area contributed by atoms with Gasteiger partial charge in [-0.1, -0.05) is 18.9 Å². The molecule has 1 atom stereocenters. The Bertz CT molecular complexity index is 741. The molecule has 1 amide bonds. The predicted octanol–water partition coefficient (Wildman–Crippen LogP) is 3.65. The number of hydrogen-bond acceptors (Lipinski definition) is 2. The normalized spacial score (nSPS) is 18.3. The Kier molecular flexibility index (Phi) is 4.47. The lowest BCUT2D eigenvalue weighted by Gasteiger charge is -2.30. The quantitative estimate of drug-likeness (QED) is 0.850. The summed E-state index contributed by atoms with van der Waals surface area (Å²) in [4.78, 5) is 15.0. The summed E-state index contributed by atoms with van der Waals surface area (Å²) in [6.07, 6.45) is 6.34. The molecule has 1 fully saturated rings. The van der Waals surface area contributed by atoms with Crippen LogP contribution in [0.1, 0.15) is 53.3 Å². The summed E-state index contributed by atoms with van der Waals surface area (Å²) in [5.74, 6) is 0.0233. The first kappa shape index (κ1) is 15.4. The second-order valence-corrected chi connectivity index (χ2v) is 6.10. The number of rotatable bonds is 2. The molecule has 23 heavy (non-hydrogen) atoms. The van der Waals surface area contributed by atoms with E-state index in [4.69, 9.17) is 5.26 Å². The first-order valence-corrected chi connectivity index (χ1v) is 8.13. The molecule has 4 heteroatoms. The highest BCUT2D eigenvalue weighted by molar-refractivity contribution is 5.94. The van der Waals surface area contributed by atoms with Gasteiger partial charge in [0.25, 0.3) is 5.91 Å². The Morgan fingerprint density at radius 3 is 2.83 bits per heavy atom. The van der Waals surface area contributed by atoms with Crippen molar-refractivity contribution in [3.05, 3.63) is 59.4 Å². The van der Waals surface area contributed by atoms with E-state index in [-0.39, 0.29) is 11.9 Å². The van der Waals surface area contributed by atoms with Crippen LogP contribution in [0.15, 0.2) is 42.6 Å². The van der Waals surface area contributed by atoms with Gasteiger partial charge in [0.05, 0.1) is 17.7 Å². The van der Waals surface area contributed by atoms with Crippen molar-refractivity contribution in [2.45, 2.75) is 31.7 Å². The molecule has 0 aliphatic carbocycles. The second kappa shape index (κ2) is 6.70. The van der Waals surface area contributed by atoms with E-state index >= 15 is 0 Å². The van der Waals surface area contributed by atoms with E-state index in [2.05, 4.69) is 16.7 Å². The molecule has 0 N–H and O–H groups in total. The zero-order valence-electron chi connectivity index (χ0n) is 13.4. The van der Waals surface area contributed by atoms with Crippen molar-refractivity contribution in [1.82, 2.24) is 9.47 Å². The number of amides is 1. The molecular weight excluding hydrogens is 286 g/mol. The van der Waals surface area contributed by atoms with Crippen molar-refractivity contribution in [3.63, 3.8) is 0 Å². The van der Waals surface area contributed by atoms with Crippen molar-refractivity contribution in [1.29, 1.82) is 5.26 Å². The molecular formula is C19H21N3O. The van der Waals surface area contributed by atoms with E-state index in [0.29, 0.717) is 11.1 Å². The minimum absolute atomic E-state index is 0.0233. The van der Waals surface area contributed by atoms with E-state index in [1.807, 2.05) is 24.2 Å². The molecule has 0 radical (unpaired) electrons. The van der Waals surface area contributed by atoms with Crippen LogP contribution in [0.5, 0.6) is 0 Å². The number of nitrogens with zero attached hydrogens (tertiary/aromatic N) is 3. The van der Waals surface area contributed by atoms with Gasteiger partial charge in [-0.25, -0.2) is 0 Å². The monoisotopic (exact) mass is 307 g/mol. The fourth-order valence-electron chi connectivity index (χ4n) is 3.37. The number of aromatic nitrogens is 1. The number of benzene rings is 1. The van der Waals surface area contributed by atoms with Crippen LogP contribution in [-0.4, -0.2) is 21.9 Å². The lowest BCUT2D eigenvalue weighted by atomic mass is 10.0. The minimum Gasteiger partial charge on any atom is -0.353 e. The highest BCUT2D eigenvalue weighted by Crippen LogP contribution is 2.31. The summed E-state index contributed by atoms with van der Waals surface area (Å²) >= 11 is 0. The van der Waals surface area contributed by atoms with Gasteiger partial charge in [0.2, 0.25) is 0 Å². The lowest BCUT2D eigenvalue weighted by Crippen LogP contribution is -2.35. The Labute approximate surface area is 137 Å². The van der Waals surface area contributed by atoms with Crippen LogP contribution in [0.4, 0.5) is 0 Å². The minimum atomic E-state index is 0.0233. The third-order valence-electron chi connectivity index (χ3n) is 4.58. The molecule has 1 saturated heterocycles. The summed E-state index contributed by atoms with van der Waals surface area (Å²) in [7, 11) is 2.03. The van der Waals surface area contributed by atoms with Crippen LogP contribution < -0.4 is 0 Å². The fraction of sp³-hybridized carbons (Fsp3) is 0.368. The van der Waals surface area contributed by atoms with Gasteiger partial charge in [0.15, 0.2) is 0 Å². The molecule has 0 saturated carbocycles. The molecule has 118 valence electrons. The summed E-state index contributed by atoms with van der Waals surface area (Å²) < 4.78 is 2.10. The fourth-order valence-corrected chi connectivity index (χ4v) is 3.37. The average molecular weight is 307 g/mol. The maximum Gasteiger partial charge on any atom is 0.254 e. The first-order valence-electron chi connectivity index (χ1n) is 8.13. The van der Waals surface area contributed by atoms with Crippen LogP contribution in [0, 0.1) is 11.3 Å². The predicted molar refractivity (Wildman–Crippen MR) is 88.8 cm³/mol. The third-order valence-corrected chi connectivity index (χ3v) is 4.58. The smallest absolute Gasteiger partial charge is 0.254 e. The van der Waals surface area contributed by atoms with Crippen molar-refractivity contribution in [2.75, 3.05) is 6.54 Å². The molecule has 2 heterocycles. The van der Waals surface area contributed by atoms with Gasteiger partial charge >= 0.3 is 0 Å². The van der Waals surface area contributed by atoms with Crippen LogP contribution >= 0.6 is 0 Å². The number of likely N-dealkylation sites (tertiary alicyclic amines) is 1. The zero-order valence-corrected chi connectivity index (χ0v) is 13.4. The number of aryl methyl sites for hydroxylation is 1. The van der Waals surface area contributed by atoms with Gasteiger partial charge < -0.3 is 9.47 Å². The van der Waals surface area contributed by atoms with Gasteiger partial charge in [-0.3, -0.25) is 4.79 Å². The molecule has 1 aromatic carbocycles.